The molecular formula is C25H27NO6. The second-order valence-corrected chi connectivity index (χ2v) is 7.52. The molecular weight excluding hydrogens is 410 g/mol. The quantitative estimate of drug-likeness (QED) is 0.489. The minimum absolute atomic E-state index is 0.104. The molecule has 1 amide bonds. The van der Waals surface area contributed by atoms with Gasteiger partial charge in [0, 0.05) is 19.7 Å². The van der Waals surface area contributed by atoms with Gasteiger partial charge in [0.1, 0.15) is 19.0 Å². The van der Waals surface area contributed by atoms with Crippen LogP contribution in [0.2, 0.25) is 0 Å². The third-order valence-electron chi connectivity index (χ3n) is 4.95. The van der Waals surface area contributed by atoms with E-state index >= 15 is 0 Å². The number of benzene rings is 2. The van der Waals surface area contributed by atoms with E-state index in [9.17, 15) is 9.59 Å². The Morgan fingerprint density at radius 3 is 2.56 bits per heavy atom. The molecule has 1 aliphatic rings. The lowest BCUT2D eigenvalue weighted by molar-refractivity contribution is -0.140. The van der Waals surface area contributed by atoms with Crippen LogP contribution in [0, 0.1) is 11.8 Å². The molecule has 7 heteroatoms. The van der Waals surface area contributed by atoms with Crippen molar-refractivity contribution in [1.82, 2.24) is 4.90 Å². The Balaban J connectivity index is 1.60. The first-order valence-corrected chi connectivity index (χ1v) is 10.3. The van der Waals surface area contributed by atoms with Crippen LogP contribution in [-0.2, 0) is 9.53 Å². The number of carbonyl (C=O) groups excluding carboxylic acids is 2. The van der Waals surface area contributed by atoms with Crippen molar-refractivity contribution in [2.24, 2.45) is 0 Å². The maximum absolute atomic E-state index is 12.2. The van der Waals surface area contributed by atoms with Crippen LogP contribution in [0.5, 0.6) is 17.2 Å². The molecule has 0 saturated carbocycles. The molecule has 0 radical (unpaired) electrons. The zero-order valence-electron chi connectivity index (χ0n) is 18.7. The van der Waals surface area contributed by atoms with E-state index in [-0.39, 0.29) is 36.9 Å². The molecule has 32 heavy (non-hydrogen) atoms. The van der Waals surface area contributed by atoms with Gasteiger partial charge < -0.3 is 23.8 Å². The van der Waals surface area contributed by atoms with E-state index in [0.717, 1.165) is 5.56 Å². The van der Waals surface area contributed by atoms with E-state index in [0.29, 0.717) is 29.4 Å². The van der Waals surface area contributed by atoms with Gasteiger partial charge in [-0.2, -0.15) is 0 Å². The second kappa shape index (κ2) is 10.6. The predicted octanol–water partition coefficient (Wildman–Crippen LogP) is 3.28. The van der Waals surface area contributed by atoms with Gasteiger partial charge in [-0.25, -0.2) is 0 Å². The van der Waals surface area contributed by atoms with Gasteiger partial charge >= 0.3 is 5.97 Å². The van der Waals surface area contributed by atoms with Gasteiger partial charge in [-0.1, -0.05) is 18.1 Å². The largest absolute Gasteiger partial charge is 0.490 e. The van der Waals surface area contributed by atoms with Crippen LogP contribution in [0.1, 0.15) is 35.2 Å². The van der Waals surface area contributed by atoms with Gasteiger partial charge in [0.2, 0.25) is 0 Å². The summed E-state index contributed by atoms with van der Waals surface area (Å²) < 4.78 is 22.4. The van der Waals surface area contributed by atoms with Crippen molar-refractivity contribution >= 4 is 11.9 Å². The molecule has 0 spiro atoms. The number of amides is 1. The van der Waals surface area contributed by atoms with Crippen molar-refractivity contribution in [3.8, 4) is 29.1 Å². The first-order chi connectivity index (χ1) is 15.4. The number of carbonyl (C=O) groups is 2. The first kappa shape index (κ1) is 23.0. The SMILES string of the molecule is CC#C[C@@H](CC(=O)OC)c1ccc(OC[C@H]2COc3ccc(C(=O)N(C)C)cc3O2)cc1. The second-order valence-electron chi connectivity index (χ2n) is 7.52. The summed E-state index contributed by atoms with van der Waals surface area (Å²) >= 11 is 0. The van der Waals surface area contributed by atoms with Gasteiger partial charge in [-0.3, -0.25) is 9.59 Å². The van der Waals surface area contributed by atoms with Crippen molar-refractivity contribution in [2.75, 3.05) is 34.4 Å². The molecule has 2 atom stereocenters. The molecule has 0 aliphatic carbocycles. The van der Waals surface area contributed by atoms with Crippen molar-refractivity contribution < 1.29 is 28.5 Å². The minimum Gasteiger partial charge on any atom is -0.490 e. The molecule has 2 aromatic carbocycles. The highest BCUT2D eigenvalue weighted by Crippen LogP contribution is 2.33. The maximum atomic E-state index is 12.2. The highest BCUT2D eigenvalue weighted by molar-refractivity contribution is 5.94. The topological polar surface area (TPSA) is 74.3 Å². The van der Waals surface area contributed by atoms with Gasteiger partial charge in [-0.15, -0.1) is 5.92 Å². The molecule has 0 saturated heterocycles. The average Bonchev–Trinajstić information content (AvgIpc) is 2.81. The molecule has 3 rings (SSSR count). The fourth-order valence-electron chi connectivity index (χ4n) is 3.25. The fraction of sp³-hybridized carbons (Fsp3) is 0.360. The molecule has 0 bridgehead atoms. The Morgan fingerprint density at radius 1 is 1.16 bits per heavy atom. The van der Waals surface area contributed by atoms with E-state index in [1.165, 1.54) is 12.0 Å². The predicted molar refractivity (Wildman–Crippen MR) is 119 cm³/mol. The van der Waals surface area contributed by atoms with E-state index in [4.69, 9.17) is 18.9 Å². The number of fused-ring (bicyclic) bond motifs is 1. The summed E-state index contributed by atoms with van der Waals surface area (Å²) in [5.74, 6) is 7.06. The Bertz CT molecular complexity index is 1020. The molecule has 0 unspecified atom stereocenters. The van der Waals surface area contributed by atoms with Gasteiger partial charge in [0.05, 0.1) is 19.4 Å². The van der Waals surface area contributed by atoms with Gasteiger partial charge in [0.15, 0.2) is 17.6 Å². The van der Waals surface area contributed by atoms with Crippen LogP contribution in [0.15, 0.2) is 42.5 Å². The van der Waals surface area contributed by atoms with Crippen molar-refractivity contribution in [3.05, 3.63) is 53.6 Å². The number of hydrogen-bond acceptors (Lipinski definition) is 6. The summed E-state index contributed by atoms with van der Waals surface area (Å²) in [6, 6.07) is 12.6. The van der Waals surface area contributed by atoms with Crippen LogP contribution < -0.4 is 14.2 Å². The van der Waals surface area contributed by atoms with Crippen LogP contribution >= 0.6 is 0 Å². The zero-order valence-corrected chi connectivity index (χ0v) is 18.7. The number of ether oxygens (including phenoxy) is 4. The fourth-order valence-corrected chi connectivity index (χ4v) is 3.25. The first-order valence-electron chi connectivity index (χ1n) is 10.3. The van der Waals surface area contributed by atoms with Crippen LogP contribution in [0.25, 0.3) is 0 Å². The number of esters is 1. The summed E-state index contributed by atoms with van der Waals surface area (Å²) in [4.78, 5) is 25.3. The highest BCUT2D eigenvalue weighted by atomic mass is 16.6. The number of hydrogen-bond donors (Lipinski definition) is 0. The third-order valence-corrected chi connectivity index (χ3v) is 4.95. The van der Waals surface area contributed by atoms with Crippen molar-refractivity contribution in [2.45, 2.75) is 25.4 Å². The van der Waals surface area contributed by atoms with E-state index in [2.05, 4.69) is 11.8 Å². The molecule has 0 fully saturated rings. The Morgan fingerprint density at radius 2 is 1.91 bits per heavy atom. The lowest BCUT2D eigenvalue weighted by Gasteiger charge is -2.27. The monoisotopic (exact) mass is 437 g/mol. The van der Waals surface area contributed by atoms with Crippen molar-refractivity contribution in [3.63, 3.8) is 0 Å². The number of rotatable bonds is 7. The summed E-state index contributed by atoms with van der Waals surface area (Å²) in [5, 5.41) is 0. The molecule has 2 aromatic rings. The maximum Gasteiger partial charge on any atom is 0.307 e. The third kappa shape index (κ3) is 5.73. The highest BCUT2D eigenvalue weighted by Gasteiger charge is 2.23. The smallest absolute Gasteiger partial charge is 0.307 e. The molecule has 0 aromatic heterocycles. The van der Waals surface area contributed by atoms with E-state index in [1.807, 2.05) is 24.3 Å². The summed E-state index contributed by atoms with van der Waals surface area (Å²) in [7, 11) is 4.77. The van der Waals surface area contributed by atoms with Gasteiger partial charge in [0.25, 0.3) is 5.91 Å². The lowest BCUT2D eigenvalue weighted by Crippen LogP contribution is -2.34. The number of nitrogens with zero attached hydrogens (tertiary/aromatic N) is 1. The summed E-state index contributed by atoms with van der Waals surface area (Å²) in [6.45, 7) is 2.37. The molecule has 1 aliphatic heterocycles. The summed E-state index contributed by atoms with van der Waals surface area (Å²) in [6.07, 6.45) is -0.118. The number of methoxy groups -OCH3 is 1. The Labute approximate surface area is 188 Å². The molecule has 7 nitrogen and oxygen atoms in total. The van der Waals surface area contributed by atoms with Crippen LogP contribution in [0.3, 0.4) is 0 Å². The molecule has 1 heterocycles. The lowest BCUT2D eigenvalue weighted by atomic mass is 9.96. The Hall–Kier alpha value is -3.66. The average molecular weight is 437 g/mol. The standard InChI is InChI=1S/C25H27NO6/c1-5-6-18(14-24(27)29-4)17-7-10-20(11-8-17)30-15-21-16-31-22-12-9-19(13-23(22)32-21)25(28)26(2)3/h7-13,18,21H,14-16H2,1-4H3/t18-,21-/m0/s1. The van der Waals surface area contributed by atoms with Crippen LogP contribution in [0.4, 0.5) is 0 Å². The molecule has 0 N–H and O–H groups in total. The van der Waals surface area contributed by atoms with Crippen molar-refractivity contribution in [1.29, 1.82) is 0 Å². The zero-order chi connectivity index (χ0) is 23.1. The van der Waals surface area contributed by atoms with E-state index < -0.39 is 0 Å². The summed E-state index contributed by atoms with van der Waals surface area (Å²) in [5.41, 5.74) is 1.45. The van der Waals surface area contributed by atoms with Gasteiger partial charge in [-0.05, 0) is 42.8 Å². The normalized spacial score (nSPS) is 15.1. The van der Waals surface area contributed by atoms with E-state index in [1.54, 1.807) is 39.2 Å². The van der Waals surface area contributed by atoms with Crippen LogP contribution in [-0.4, -0.2) is 57.3 Å². The Kier molecular flexibility index (Phi) is 7.61. The molecule has 168 valence electrons. The minimum atomic E-state index is -0.315.